The van der Waals surface area contributed by atoms with Crippen molar-refractivity contribution >= 4 is 12.0 Å². The van der Waals surface area contributed by atoms with Crippen LogP contribution in [-0.2, 0) is 4.79 Å². The molecule has 0 spiro atoms. The predicted octanol–water partition coefficient (Wildman–Crippen LogP) is 1.68. The smallest absolute Gasteiger partial charge is 0.326 e. The Kier molecular flexibility index (Phi) is 6.53. The molecule has 5 heteroatoms. The van der Waals surface area contributed by atoms with E-state index in [9.17, 15) is 9.59 Å². The molecule has 16 heavy (non-hydrogen) atoms. The van der Waals surface area contributed by atoms with Crippen molar-refractivity contribution in [2.45, 2.75) is 52.6 Å². The van der Waals surface area contributed by atoms with E-state index in [1.807, 2.05) is 20.8 Å². The molecule has 0 aliphatic carbocycles. The lowest BCUT2D eigenvalue weighted by Gasteiger charge is -2.27. The van der Waals surface area contributed by atoms with Crippen LogP contribution in [-0.4, -0.2) is 40.6 Å². The van der Waals surface area contributed by atoms with E-state index >= 15 is 0 Å². The highest BCUT2D eigenvalue weighted by molar-refractivity contribution is 5.82. The SMILES string of the molecule is CCCN(C(=O)NC(CC)C(=O)O)C(C)C. The standard InChI is InChI=1S/C11H22N2O3/c1-5-7-13(8(3)4)11(16)12-9(6-2)10(14)15/h8-9H,5-7H2,1-4H3,(H,12,16)(H,14,15). The predicted molar refractivity (Wildman–Crippen MR) is 62.4 cm³/mol. The number of carboxylic acids is 1. The van der Waals surface area contributed by atoms with Crippen LogP contribution in [0.4, 0.5) is 4.79 Å². The largest absolute Gasteiger partial charge is 0.480 e. The van der Waals surface area contributed by atoms with Crippen LogP contribution in [0.2, 0.25) is 0 Å². The molecule has 2 amide bonds. The van der Waals surface area contributed by atoms with E-state index in [-0.39, 0.29) is 12.1 Å². The van der Waals surface area contributed by atoms with Crippen LogP contribution in [0.25, 0.3) is 0 Å². The van der Waals surface area contributed by atoms with Gasteiger partial charge >= 0.3 is 12.0 Å². The van der Waals surface area contributed by atoms with Crippen LogP contribution in [0.15, 0.2) is 0 Å². The molecule has 1 unspecified atom stereocenters. The van der Waals surface area contributed by atoms with Crippen molar-refractivity contribution in [1.82, 2.24) is 10.2 Å². The van der Waals surface area contributed by atoms with E-state index in [0.717, 1.165) is 6.42 Å². The van der Waals surface area contributed by atoms with Crippen LogP contribution in [0.1, 0.15) is 40.5 Å². The average molecular weight is 230 g/mol. The van der Waals surface area contributed by atoms with Gasteiger partial charge in [-0.15, -0.1) is 0 Å². The van der Waals surface area contributed by atoms with Gasteiger partial charge in [0.2, 0.25) is 0 Å². The van der Waals surface area contributed by atoms with Gasteiger partial charge in [-0.2, -0.15) is 0 Å². The molecule has 94 valence electrons. The molecule has 0 aromatic carbocycles. The Morgan fingerprint density at radius 3 is 2.19 bits per heavy atom. The Morgan fingerprint density at radius 2 is 1.88 bits per heavy atom. The maximum atomic E-state index is 11.8. The van der Waals surface area contributed by atoms with Gasteiger partial charge in [-0.1, -0.05) is 13.8 Å². The number of nitrogens with one attached hydrogen (secondary N) is 1. The van der Waals surface area contributed by atoms with Crippen molar-refractivity contribution in [1.29, 1.82) is 0 Å². The number of carbonyl (C=O) groups excluding carboxylic acids is 1. The molecule has 5 nitrogen and oxygen atoms in total. The number of carboxylic acid groups (broad SMARTS) is 1. The lowest BCUT2D eigenvalue weighted by Crippen LogP contribution is -2.50. The molecule has 2 N–H and O–H groups in total. The summed E-state index contributed by atoms with van der Waals surface area (Å²) in [6.45, 7) is 8.18. The van der Waals surface area contributed by atoms with E-state index in [2.05, 4.69) is 5.32 Å². The second kappa shape index (κ2) is 7.09. The molecule has 0 rings (SSSR count). The average Bonchev–Trinajstić information content (AvgIpc) is 2.21. The van der Waals surface area contributed by atoms with Crippen LogP contribution in [0, 0.1) is 0 Å². The fourth-order valence-electron chi connectivity index (χ4n) is 1.41. The lowest BCUT2D eigenvalue weighted by atomic mass is 10.2. The third-order valence-electron chi connectivity index (χ3n) is 2.35. The fourth-order valence-corrected chi connectivity index (χ4v) is 1.41. The third kappa shape index (κ3) is 4.51. The van der Waals surface area contributed by atoms with Crippen molar-refractivity contribution in [3.8, 4) is 0 Å². The summed E-state index contributed by atoms with van der Waals surface area (Å²) >= 11 is 0. The van der Waals surface area contributed by atoms with Crippen LogP contribution in [0.5, 0.6) is 0 Å². The minimum atomic E-state index is -0.990. The van der Waals surface area contributed by atoms with Crippen LogP contribution >= 0.6 is 0 Å². The van der Waals surface area contributed by atoms with E-state index < -0.39 is 12.0 Å². The minimum Gasteiger partial charge on any atom is -0.480 e. The van der Waals surface area contributed by atoms with E-state index in [1.54, 1.807) is 11.8 Å². The molecule has 0 saturated carbocycles. The first-order valence-electron chi connectivity index (χ1n) is 5.73. The van der Waals surface area contributed by atoms with Gasteiger partial charge < -0.3 is 15.3 Å². The second-order valence-corrected chi connectivity index (χ2v) is 4.04. The highest BCUT2D eigenvalue weighted by Crippen LogP contribution is 2.02. The van der Waals surface area contributed by atoms with Crippen LogP contribution in [0.3, 0.4) is 0 Å². The topological polar surface area (TPSA) is 69.6 Å². The number of amides is 2. The Bertz CT molecular complexity index is 241. The van der Waals surface area contributed by atoms with Crippen molar-refractivity contribution in [2.24, 2.45) is 0 Å². The molecule has 0 bridgehead atoms. The monoisotopic (exact) mass is 230 g/mol. The molecule has 0 heterocycles. The zero-order valence-electron chi connectivity index (χ0n) is 10.5. The van der Waals surface area contributed by atoms with E-state index in [1.165, 1.54) is 0 Å². The van der Waals surface area contributed by atoms with E-state index in [0.29, 0.717) is 13.0 Å². The van der Waals surface area contributed by atoms with Crippen molar-refractivity contribution in [2.75, 3.05) is 6.54 Å². The van der Waals surface area contributed by atoms with Crippen molar-refractivity contribution in [3.63, 3.8) is 0 Å². The summed E-state index contributed by atoms with van der Waals surface area (Å²) in [4.78, 5) is 24.2. The summed E-state index contributed by atoms with van der Waals surface area (Å²) in [6, 6.07) is -1.03. The van der Waals surface area contributed by atoms with Crippen molar-refractivity contribution in [3.05, 3.63) is 0 Å². The first kappa shape index (κ1) is 14.7. The minimum absolute atomic E-state index is 0.0752. The second-order valence-electron chi connectivity index (χ2n) is 4.04. The molecule has 0 radical (unpaired) electrons. The first-order valence-corrected chi connectivity index (χ1v) is 5.73. The first-order chi connectivity index (χ1) is 7.43. The van der Waals surface area contributed by atoms with Gasteiger partial charge in [0.15, 0.2) is 0 Å². The van der Waals surface area contributed by atoms with Gasteiger partial charge in [-0.25, -0.2) is 9.59 Å². The Morgan fingerprint density at radius 1 is 1.31 bits per heavy atom. The molecule has 0 aromatic heterocycles. The highest BCUT2D eigenvalue weighted by Gasteiger charge is 2.22. The molecule has 0 aliphatic heterocycles. The van der Waals surface area contributed by atoms with Gasteiger partial charge in [0.25, 0.3) is 0 Å². The molecular weight excluding hydrogens is 208 g/mol. The van der Waals surface area contributed by atoms with Gasteiger partial charge in [0.1, 0.15) is 6.04 Å². The van der Waals surface area contributed by atoms with Gasteiger partial charge in [0, 0.05) is 12.6 Å². The van der Waals surface area contributed by atoms with Crippen molar-refractivity contribution < 1.29 is 14.7 Å². The summed E-state index contributed by atoms with van der Waals surface area (Å²) in [7, 11) is 0. The van der Waals surface area contributed by atoms with Gasteiger partial charge in [-0.3, -0.25) is 0 Å². The van der Waals surface area contributed by atoms with Crippen LogP contribution < -0.4 is 5.32 Å². The molecule has 0 fully saturated rings. The molecule has 0 saturated heterocycles. The summed E-state index contributed by atoms with van der Waals surface area (Å²) in [5, 5.41) is 11.4. The number of carbonyl (C=O) groups is 2. The lowest BCUT2D eigenvalue weighted by molar-refractivity contribution is -0.139. The molecule has 0 aliphatic rings. The number of hydrogen-bond donors (Lipinski definition) is 2. The summed E-state index contributed by atoms with van der Waals surface area (Å²) in [6.07, 6.45) is 1.24. The normalized spacial score (nSPS) is 12.3. The van der Waals surface area contributed by atoms with Gasteiger partial charge in [-0.05, 0) is 26.7 Å². The quantitative estimate of drug-likeness (QED) is 0.729. The molecule has 1 atom stereocenters. The number of nitrogens with zero attached hydrogens (tertiary/aromatic N) is 1. The Hall–Kier alpha value is -1.26. The maximum absolute atomic E-state index is 11.8. The van der Waals surface area contributed by atoms with Gasteiger partial charge in [0.05, 0.1) is 0 Å². The Balaban J connectivity index is 4.44. The maximum Gasteiger partial charge on any atom is 0.326 e. The molecular formula is C11H22N2O3. The van der Waals surface area contributed by atoms with E-state index in [4.69, 9.17) is 5.11 Å². The number of urea groups is 1. The highest BCUT2D eigenvalue weighted by atomic mass is 16.4. The Labute approximate surface area is 96.8 Å². The summed E-state index contributed by atoms with van der Waals surface area (Å²) < 4.78 is 0. The fraction of sp³-hybridized carbons (Fsp3) is 0.818. The number of hydrogen-bond acceptors (Lipinski definition) is 2. The number of rotatable bonds is 6. The zero-order chi connectivity index (χ0) is 12.7. The summed E-state index contributed by atoms with van der Waals surface area (Å²) in [5.74, 6) is -0.990. The summed E-state index contributed by atoms with van der Waals surface area (Å²) in [5.41, 5.74) is 0. The third-order valence-corrected chi connectivity index (χ3v) is 2.35. The molecule has 0 aromatic rings. The number of aliphatic carboxylic acids is 1. The zero-order valence-corrected chi connectivity index (χ0v) is 10.5.